The Balaban J connectivity index is 1.77. The minimum absolute atomic E-state index is 0.203. The molecule has 0 saturated heterocycles. The first-order valence-electron chi connectivity index (χ1n) is 6.95. The van der Waals surface area contributed by atoms with Crippen LogP contribution in [0.25, 0.3) is 16.8 Å². The summed E-state index contributed by atoms with van der Waals surface area (Å²) in [5, 5.41) is 14.1. The standard InChI is InChI=1S/C19H16O2S/c1-21-18-11-14(10-17(20)13-18)8-9-22-19-7-6-15-4-2-3-5-16(15)12-19/h2-13,20H,1H3/b9-8+. The van der Waals surface area contributed by atoms with Gasteiger partial charge in [0.15, 0.2) is 0 Å². The zero-order valence-electron chi connectivity index (χ0n) is 12.2. The molecule has 3 rings (SSSR count). The van der Waals surface area contributed by atoms with Crippen molar-refractivity contribution in [3.63, 3.8) is 0 Å². The molecular weight excluding hydrogens is 292 g/mol. The van der Waals surface area contributed by atoms with E-state index in [1.807, 2.05) is 29.7 Å². The predicted molar refractivity (Wildman–Crippen MR) is 93.5 cm³/mol. The van der Waals surface area contributed by atoms with Crippen LogP contribution in [0.1, 0.15) is 5.56 Å². The first-order valence-corrected chi connectivity index (χ1v) is 7.82. The monoisotopic (exact) mass is 308 g/mol. The Labute approximate surface area is 134 Å². The van der Waals surface area contributed by atoms with Crippen LogP contribution in [-0.4, -0.2) is 12.2 Å². The maximum atomic E-state index is 9.64. The van der Waals surface area contributed by atoms with Crippen LogP contribution in [0.3, 0.4) is 0 Å². The van der Waals surface area contributed by atoms with Gasteiger partial charge in [0.25, 0.3) is 0 Å². The summed E-state index contributed by atoms with van der Waals surface area (Å²) in [6.45, 7) is 0. The van der Waals surface area contributed by atoms with E-state index in [4.69, 9.17) is 4.74 Å². The smallest absolute Gasteiger partial charge is 0.123 e. The minimum atomic E-state index is 0.203. The molecule has 3 aromatic carbocycles. The highest BCUT2D eigenvalue weighted by Gasteiger charge is 1.98. The molecule has 22 heavy (non-hydrogen) atoms. The molecule has 0 radical (unpaired) electrons. The molecule has 0 fully saturated rings. The number of benzene rings is 3. The Morgan fingerprint density at radius 1 is 0.955 bits per heavy atom. The Hall–Kier alpha value is -2.39. The van der Waals surface area contributed by atoms with Gasteiger partial charge in [-0.1, -0.05) is 42.1 Å². The molecular formula is C19H16O2S. The molecule has 0 saturated carbocycles. The highest BCUT2D eigenvalue weighted by atomic mass is 32.2. The third kappa shape index (κ3) is 3.43. The average Bonchev–Trinajstić information content (AvgIpc) is 2.54. The van der Waals surface area contributed by atoms with Crippen molar-refractivity contribution in [2.75, 3.05) is 7.11 Å². The molecule has 0 aromatic heterocycles. The highest BCUT2D eigenvalue weighted by Crippen LogP contribution is 2.27. The fraction of sp³-hybridized carbons (Fsp3) is 0.0526. The fourth-order valence-corrected chi connectivity index (χ4v) is 2.98. The third-order valence-electron chi connectivity index (χ3n) is 3.33. The lowest BCUT2D eigenvalue weighted by molar-refractivity contribution is 0.407. The normalized spacial score (nSPS) is 11.1. The second kappa shape index (κ2) is 6.58. The summed E-state index contributed by atoms with van der Waals surface area (Å²) >= 11 is 1.65. The van der Waals surface area contributed by atoms with Crippen LogP contribution in [0.5, 0.6) is 11.5 Å². The van der Waals surface area contributed by atoms with Gasteiger partial charge in [-0.25, -0.2) is 0 Å². The third-order valence-corrected chi connectivity index (χ3v) is 4.13. The molecule has 1 N–H and O–H groups in total. The fourth-order valence-electron chi connectivity index (χ4n) is 2.25. The van der Waals surface area contributed by atoms with E-state index in [0.29, 0.717) is 5.75 Å². The van der Waals surface area contributed by atoms with Crippen LogP contribution >= 0.6 is 11.8 Å². The zero-order chi connectivity index (χ0) is 15.4. The van der Waals surface area contributed by atoms with E-state index in [0.717, 1.165) is 5.56 Å². The molecule has 0 amide bonds. The van der Waals surface area contributed by atoms with Crippen molar-refractivity contribution in [2.24, 2.45) is 0 Å². The van der Waals surface area contributed by atoms with Gasteiger partial charge >= 0.3 is 0 Å². The van der Waals surface area contributed by atoms with Crippen molar-refractivity contribution in [1.29, 1.82) is 0 Å². The van der Waals surface area contributed by atoms with E-state index < -0.39 is 0 Å². The molecule has 0 heterocycles. The molecule has 0 aliphatic heterocycles. The van der Waals surface area contributed by atoms with Gasteiger partial charge in [0.2, 0.25) is 0 Å². The van der Waals surface area contributed by atoms with Gasteiger partial charge in [0, 0.05) is 11.0 Å². The summed E-state index contributed by atoms with van der Waals surface area (Å²) in [5.41, 5.74) is 0.908. The minimum Gasteiger partial charge on any atom is -0.508 e. The summed E-state index contributed by atoms with van der Waals surface area (Å²) < 4.78 is 5.15. The van der Waals surface area contributed by atoms with E-state index >= 15 is 0 Å². The SMILES string of the molecule is COc1cc(O)cc(/C=C/Sc2ccc3ccccc3c2)c1. The number of hydrogen-bond acceptors (Lipinski definition) is 3. The van der Waals surface area contributed by atoms with E-state index in [1.54, 1.807) is 31.0 Å². The maximum absolute atomic E-state index is 9.64. The molecule has 0 unspecified atom stereocenters. The van der Waals surface area contributed by atoms with Gasteiger partial charge < -0.3 is 9.84 Å². The van der Waals surface area contributed by atoms with Crippen LogP contribution in [-0.2, 0) is 0 Å². The molecule has 3 heteroatoms. The van der Waals surface area contributed by atoms with E-state index in [9.17, 15) is 5.11 Å². The second-order valence-electron chi connectivity index (χ2n) is 4.89. The van der Waals surface area contributed by atoms with E-state index in [1.165, 1.54) is 15.7 Å². The number of hydrogen-bond donors (Lipinski definition) is 1. The van der Waals surface area contributed by atoms with Crippen molar-refractivity contribution < 1.29 is 9.84 Å². The largest absolute Gasteiger partial charge is 0.508 e. The van der Waals surface area contributed by atoms with Crippen molar-refractivity contribution in [1.82, 2.24) is 0 Å². The topological polar surface area (TPSA) is 29.5 Å². The molecule has 0 aliphatic carbocycles. The quantitative estimate of drug-likeness (QED) is 0.662. The highest BCUT2D eigenvalue weighted by molar-refractivity contribution is 8.02. The first kappa shape index (κ1) is 14.5. The number of methoxy groups -OCH3 is 1. The lowest BCUT2D eigenvalue weighted by Gasteiger charge is -2.03. The van der Waals surface area contributed by atoms with Crippen LogP contribution in [0.2, 0.25) is 0 Å². The maximum Gasteiger partial charge on any atom is 0.123 e. The molecule has 0 bridgehead atoms. The second-order valence-corrected chi connectivity index (χ2v) is 5.87. The van der Waals surface area contributed by atoms with Crippen LogP contribution in [0.15, 0.2) is 71.0 Å². The van der Waals surface area contributed by atoms with Crippen LogP contribution < -0.4 is 4.74 Å². The van der Waals surface area contributed by atoms with Gasteiger partial charge in [0.1, 0.15) is 11.5 Å². The Bertz CT molecular complexity index is 825. The van der Waals surface area contributed by atoms with Gasteiger partial charge in [0.05, 0.1) is 7.11 Å². The van der Waals surface area contributed by atoms with Crippen LogP contribution in [0, 0.1) is 0 Å². The van der Waals surface area contributed by atoms with Crippen molar-refractivity contribution in [3.8, 4) is 11.5 Å². The van der Waals surface area contributed by atoms with E-state index in [2.05, 4.69) is 30.3 Å². The number of aromatic hydroxyl groups is 1. The lowest BCUT2D eigenvalue weighted by Crippen LogP contribution is -1.83. The van der Waals surface area contributed by atoms with Crippen molar-refractivity contribution in [3.05, 3.63) is 71.6 Å². The molecule has 2 nitrogen and oxygen atoms in total. The Morgan fingerprint density at radius 2 is 1.77 bits per heavy atom. The van der Waals surface area contributed by atoms with Gasteiger partial charge in [-0.05, 0) is 52.1 Å². The number of thioether (sulfide) groups is 1. The van der Waals surface area contributed by atoms with Gasteiger partial charge in [-0.3, -0.25) is 0 Å². The zero-order valence-corrected chi connectivity index (χ0v) is 13.0. The molecule has 110 valence electrons. The summed E-state index contributed by atoms with van der Waals surface area (Å²) in [4.78, 5) is 1.18. The summed E-state index contributed by atoms with van der Waals surface area (Å²) in [6, 6.07) is 19.9. The van der Waals surface area contributed by atoms with Crippen molar-refractivity contribution in [2.45, 2.75) is 4.90 Å². The molecule has 3 aromatic rings. The Morgan fingerprint density at radius 3 is 2.59 bits per heavy atom. The number of fused-ring (bicyclic) bond motifs is 1. The molecule has 0 spiro atoms. The Kier molecular flexibility index (Phi) is 4.35. The van der Waals surface area contributed by atoms with Gasteiger partial charge in [-0.15, -0.1) is 0 Å². The van der Waals surface area contributed by atoms with Crippen molar-refractivity contribution >= 4 is 28.6 Å². The van der Waals surface area contributed by atoms with Crippen LogP contribution in [0.4, 0.5) is 0 Å². The lowest BCUT2D eigenvalue weighted by atomic mass is 10.1. The molecule has 0 atom stereocenters. The van der Waals surface area contributed by atoms with E-state index in [-0.39, 0.29) is 5.75 Å². The molecule has 0 aliphatic rings. The summed E-state index contributed by atoms with van der Waals surface area (Å²) in [5.74, 6) is 0.852. The summed E-state index contributed by atoms with van der Waals surface area (Å²) in [7, 11) is 1.59. The first-order chi connectivity index (χ1) is 10.7. The number of phenols is 1. The number of rotatable bonds is 4. The predicted octanol–water partition coefficient (Wildman–Crippen LogP) is 5.32. The number of ether oxygens (including phenoxy) is 1. The average molecular weight is 308 g/mol. The summed E-state index contributed by atoms with van der Waals surface area (Å²) in [6.07, 6.45) is 1.96. The van der Waals surface area contributed by atoms with Gasteiger partial charge in [-0.2, -0.15) is 0 Å². The number of phenolic OH excluding ortho intramolecular Hbond substituents is 1.